The Morgan fingerprint density at radius 1 is 1.56 bits per heavy atom. The van der Waals surface area contributed by atoms with E-state index in [0.29, 0.717) is 10.7 Å². The van der Waals surface area contributed by atoms with Crippen LogP contribution in [0.2, 0.25) is 5.02 Å². The molecule has 2 N–H and O–H groups in total. The second-order valence-electron chi connectivity index (χ2n) is 4.26. The number of aliphatic carboxylic acids is 1. The highest BCUT2D eigenvalue weighted by atomic mass is 35.5. The van der Waals surface area contributed by atoms with Crippen molar-refractivity contribution in [3.63, 3.8) is 0 Å². The largest absolute Gasteiger partial charge is 0.481 e. The first-order valence-electron chi connectivity index (χ1n) is 5.47. The van der Waals surface area contributed by atoms with Crippen molar-refractivity contribution in [2.45, 2.75) is 19.4 Å². The summed E-state index contributed by atoms with van der Waals surface area (Å²) in [7, 11) is 1.63. The van der Waals surface area contributed by atoms with E-state index in [0.717, 1.165) is 11.3 Å². The van der Waals surface area contributed by atoms with Crippen LogP contribution >= 0.6 is 11.6 Å². The van der Waals surface area contributed by atoms with Crippen LogP contribution in [0, 0.1) is 6.92 Å². The Labute approximate surface area is 109 Å². The number of benzene rings is 1. The van der Waals surface area contributed by atoms with Crippen molar-refractivity contribution in [3.8, 4) is 0 Å². The fourth-order valence-electron chi connectivity index (χ4n) is 2.13. The third kappa shape index (κ3) is 2.01. The summed E-state index contributed by atoms with van der Waals surface area (Å²) in [5.74, 6) is -1.28. The van der Waals surface area contributed by atoms with Gasteiger partial charge in [-0.05, 0) is 24.6 Å². The van der Waals surface area contributed by atoms with E-state index in [-0.39, 0.29) is 12.3 Å². The molecule has 18 heavy (non-hydrogen) atoms. The summed E-state index contributed by atoms with van der Waals surface area (Å²) in [5, 5.41) is 12.3. The van der Waals surface area contributed by atoms with E-state index in [4.69, 9.17) is 16.7 Å². The van der Waals surface area contributed by atoms with Crippen LogP contribution in [0.25, 0.3) is 0 Å². The molecule has 0 fully saturated rings. The van der Waals surface area contributed by atoms with Gasteiger partial charge in [-0.3, -0.25) is 9.59 Å². The molecule has 1 aromatic carbocycles. The predicted octanol–water partition coefficient (Wildman–Crippen LogP) is 1.88. The molecule has 1 aliphatic rings. The first-order valence-corrected chi connectivity index (χ1v) is 5.84. The summed E-state index contributed by atoms with van der Waals surface area (Å²) in [6.45, 7) is 1.82. The molecule has 6 heteroatoms. The lowest BCUT2D eigenvalue weighted by molar-refractivity contribution is -0.138. The summed E-state index contributed by atoms with van der Waals surface area (Å²) in [6, 6.07) is 2.74. The third-order valence-electron chi connectivity index (χ3n) is 3.04. The molecule has 0 bridgehead atoms. The molecular weight excluding hydrogens is 256 g/mol. The van der Waals surface area contributed by atoms with Crippen molar-refractivity contribution in [2.75, 3.05) is 17.3 Å². The molecule has 5 nitrogen and oxygen atoms in total. The highest BCUT2D eigenvalue weighted by molar-refractivity contribution is 6.32. The van der Waals surface area contributed by atoms with Gasteiger partial charge in [-0.25, -0.2) is 0 Å². The highest BCUT2D eigenvalue weighted by Crippen LogP contribution is 2.37. The zero-order valence-electron chi connectivity index (χ0n) is 10.0. The van der Waals surface area contributed by atoms with Gasteiger partial charge in [0.15, 0.2) is 0 Å². The Kier molecular flexibility index (Phi) is 3.17. The number of nitrogens with zero attached hydrogens (tertiary/aromatic N) is 1. The van der Waals surface area contributed by atoms with Crippen LogP contribution in [0.4, 0.5) is 11.4 Å². The fourth-order valence-corrected chi connectivity index (χ4v) is 2.28. The highest BCUT2D eigenvalue weighted by Gasteiger charge is 2.32. The van der Waals surface area contributed by atoms with Crippen LogP contribution < -0.4 is 10.2 Å². The van der Waals surface area contributed by atoms with E-state index in [1.807, 2.05) is 6.92 Å². The molecule has 0 saturated heterocycles. The van der Waals surface area contributed by atoms with Crippen LogP contribution in [0.5, 0.6) is 0 Å². The molecule has 1 aromatic rings. The smallest absolute Gasteiger partial charge is 0.305 e. The zero-order chi connectivity index (χ0) is 13.4. The Balaban J connectivity index is 2.44. The number of halogens is 1. The van der Waals surface area contributed by atoms with Crippen molar-refractivity contribution in [2.24, 2.45) is 0 Å². The van der Waals surface area contributed by atoms with Crippen LogP contribution in [0.1, 0.15) is 12.0 Å². The van der Waals surface area contributed by atoms with E-state index in [1.54, 1.807) is 19.2 Å². The number of hydrogen-bond acceptors (Lipinski definition) is 3. The average molecular weight is 269 g/mol. The van der Waals surface area contributed by atoms with Gasteiger partial charge in [0.2, 0.25) is 5.91 Å². The molecule has 2 rings (SSSR count). The molecule has 1 amide bonds. The first-order chi connectivity index (χ1) is 8.41. The number of fused-ring (bicyclic) bond motifs is 1. The van der Waals surface area contributed by atoms with Gasteiger partial charge in [-0.2, -0.15) is 0 Å². The lowest BCUT2D eigenvalue weighted by Crippen LogP contribution is -2.46. The van der Waals surface area contributed by atoms with Gasteiger partial charge in [0.1, 0.15) is 6.04 Å². The Morgan fingerprint density at radius 3 is 2.83 bits per heavy atom. The molecular formula is C12H13ClN2O3. The van der Waals surface area contributed by atoms with Gasteiger partial charge < -0.3 is 15.3 Å². The van der Waals surface area contributed by atoms with Crippen LogP contribution in [0.15, 0.2) is 12.1 Å². The van der Waals surface area contributed by atoms with E-state index in [2.05, 4.69) is 5.32 Å². The predicted molar refractivity (Wildman–Crippen MR) is 69.3 cm³/mol. The van der Waals surface area contributed by atoms with Gasteiger partial charge in [-0.1, -0.05) is 11.6 Å². The Bertz CT molecular complexity index is 530. The number of carbonyl (C=O) groups is 2. The number of hydrogen-bond donors (Lipinski definition) is 2. The number of carboxylic acid groups (broad SMARTS) is 1. The van der Waals surface area contributed by atoms with Crippen LogP contribution in [-0.2, 0) is 9.59 Å². The number of amides is 1. The maximum atomic E-state index is 12.0. The molecule has 1 atom stereocenters. The van der Waals surface area contributed by atoms with Crippen molar-refractivity contribution < 1.29 is 14.7 Å². The number of likely N-dealkylation sites (N-methyl/N-ethyl adjacent to an activating group) is 1. The lowest BCUT2D eigenvalue weighted by Gasteiger charge is -2.33. The van der Waals surface area contributed by atoms with Crippen LogP contribution in [-0.4, -0.2) is 30.1 Å². The molecule has 96 valence electrons. The molecule has 0 aliphatic carbocycles. The molecule has 0 spiro atoms. The monoisotopic (exact) mass is 268 g/mol. The Morgan fingerprint density at radius 2 is 2.22 bits per heavy atom. The second kappa shape index (κ2) is 4.49. The summed E-state index contributed by atoms with van der Waals surface area (Å²) in [5.41, 5.74) is 2.23. The minimum atomic E-state index is -1.01. The quantitative estimate of drug-likeness (QED) is 0.859. The van der Waals surface area contributed by atoms with Crippen molar-refractivity contribution >= 4 is 34.9 Å². The first kappa shape index (κ1) is 12.7. The van der Waals surface area contributed by atoms with E-state index in [9.17, 15) is 9.59 Å². The molecule has 0 saturated carbocycles. The summed E-state index contributed by atoms with van der Waals surface area (Å²) >= 11 is 6.02. The van der Waals surface area contributed by atoms with Crippen LogP contribution in [0.3, 0.4) is 0 Å². The summed E-state index contributed by atoms with van der Waals surface area (Å²) in [6.07, 6.45) is -0.246. The third-order valence-corrected chi connectivity index (χ3v) is 3.45. The Hall–Kier alpha value is -1.75. The van der Waals surface area contributed by atoms with Crippen molar-refractivity contribution in [3.05, 3.63) is 22.7 Å². The molecule has 1 heterocycles. The van der Waals surface area contributed by atoms with Gasteiger partial charge in [0.05, 0.1) is 17.8 Å². The lowest BCUT2D eigenvalue weighted by atomic mass is 10.0. The minimum absolute atomic E-state index is 0.246. The number of carboxylic acids is 1. The number of rotatable bonds is 2. The summed E-state index contributed by atoms with van der Waals surface area (Å²) in [4.78, 5) is 24.2. The topological polar surface area (TPSA) is 69.6 Å². The van der Waals surface area contributed by atoms with E-state index < -0.39 is 12.0 Å². The average Bonchev–Trinajstić information content (AvgIpc) is 2.29. The SMILES string of the molecule is Cc1c(Cl)ccc2c1N(C)C(=O)C(CC(=O)O)N2. The number of anilines is 2. The zero-order valence-corrected chi connectivity index (χ0v) is 10.8. The maximum Gasteiger partial charge on any atom is 0.305 e. The summed E-state index contributed by atoms with van der Waals surface area (Å²) < 4.78 is 0. The normalized spacial score (nSPS) is 18.3. The van der Waals surface area contributed by atoms with Gasteiger partial charge in [0, 0.05) is 12.1 Å². The fraction of sp³-hybridized carbons (Fsp3) is 0.333. The molecule has 0 aromatic heterocycles. The van der Waals surface area contributed by atoms with Crippen molar-refractivity contribution in [1.82, 2.24) is 0 Å². The number of carbonyl (C=O) groups excluding carboxylic acids is 1. The minimum Gasteiger partial charge on any atom is -0.481 e. The standard InChI is InChI=1S/C12H13ClN2O3/c1-6-7(13)3-4-8-11(6)15(2)12(18)9(14-8)5-10(16)17/h3-4,9,14H,5H2,1-2H3,(H,16,17). The van der Waals surface area contributed by atoms with Crippen molar-refractivity contribution in [1.29, 1.82) is 0 Å². The molecule has 1 unspecified atom stereocenters. The van der Waals surface area contributed by atoms with Gasteiger partial charge in [-0.15, -0.1) is 0 Å². The van der Waals surface area contributed by atoms with Gasteiger partial charge >= 0.3 is 5.97 Å². The number of nitrogens with one attached hydrogen (secondary N) is 1. The second-order valence-corrected chi connectivity index (χ2v) is 4.67. The molecule has 0 radical (unpaired) electrons. The maximum absolute atomic E-state index is 12.0. The van der Waals surface area contributed by atoms with E-state index >= 15 is 0 Å². The van der Waals surface area contributed by atoms with E-state index in [1.165, 1.54) is 4.90 Å². The van der Waals surface area contributed by atoms with Gasteiger partial charge in [0.25, 0.3) is 0 Å². The molecule has 1 aliphatic heterocycles.